The van der Waals surface area contributed by atoms with E-state index >= 15 is 0 Å². The Morgan fingerprint density at radius 3 is 2.58 bits per heavy atom. The number of carbonyl (C=O) groups excluding carboxylic acids is 1. The molecule has 3 aliphatic rings. The second-order valence-corrected chi connectivity index (χ2v) is 6.43. The minimum Gasteiger partial charge on any atom is -0.508 e. The molecule has 0 saturated heterocycles. The Labute approximate surface area is 146 Å². The number of fused-ring (bicyclic) bond motifs is 8. The van der Waals surface area contributed by atoms with Crippen molar-refractivity contribution in [3.8, 4) is 34.5 Å². The van der Waals surface area contributed by atoms with Crippen molar-refractivity contribution in [2.75, 3.05) is 0 Å². The number of ether oxygens (including phenoxy) is 3. The number of phenolic OH excluding ortho intramolecular Hbond substituents is 2. The predicted octanol–water partition coefficient (Wildman–Crippen LogP) is 3.77. The average molecular weight is 346 g/mol. The van der Waals surface area contributed by atoms with E-state index < -0.39 is 11.6 Å². The van der Waals surface area contributed by atoms with E-state index in [9.17, 15) is 15.0 Å². The maximum Gasteiger partial charge on any atom is 0.340 e. The van der Waals surface area contributed by atoms with Gasteiger partial charge < -0.3 is 24.4 Å². The maximum absolute atomic E-state index is 12.6. The fourth-order valence-corrected chi connectivity index (χ4v) is 3.94. The first kappa shape index (κ1) is 13.6. The number of rotatable bonds is 0. The molecule has 6 rings (SSSR count). The van der Waals surface area contributed by atoms with Crippen molar-refractivity contribution < 1.29 is 29.2 Å². The zero-order valence-corrected chi connectivity index (χ0v) is 13.1. The smallest absolute Gasteiger partial charge is 0.340 e. The van der Waals surface area contributed by atoms with Gasteiger partial charge in [-0.2, -0.15) is 0 Å². The molecule has 3 heterocycles. The van der Waals surface area contributed by atoms with E-state index in [4.69, 9.17) is 14.2 Å². The number of carbonyl (C=O) groups is 1. The molecule has 126 valence electrons. The Hall–Kier alpha value is -3.67. The molecular weight excluding hydrogens is 336 g/mol. The molecule has 0 radical (unpaired) electrons. The first-order valence-corrected chi connectivity index (χ1v) is 8.02. The van der Waals surface area contributed by atoms with Crippen molar-refractivity contribution in [3.63, 3.8) is 0 Å². The molecular formula is C20H10O6. The van der Waals surface area contributed by atoms with Gasteiger partial charge in [0.25, 0.3) is 0 Å². The topological polar surface area (TPSA) is 88.5 Å². The summed E-state index contributed by atoms with van der Waals surface area (Å²) in [5.41, 5.74) is 1.01. The summed E-state index contributed by atoms with van der Waals surface area (Å²) in [6.45, 7) is 0. The fourth-order valence-electron chi connectivity index (χ4n) is 3.94. The summed E-state index contributed by atoms with van der Waals surface area (Å²) in [6, 6.07) is 13.2. The molecule has 0 saturated carbocycles. The van der Waals surface area contributed by atoms with Crippen LogP contribution in [-0.2, 0) is 10.3 Å². The van der Waals surface area contributed by atoms with Crippen LogP contribution in [-0.4, -0.2) is 16.2 Å². The molecule has 26 heavy (non-hydrogen) atoms. The molecule has 3 aromatic rings. The summed E-state index contributed by atoms with van der Waals surface area (Å²) in [4.78, 5) is 12.6. The highest BCUT2D eigenvalue weighted by atomic mass is 16.6. The number of aromatic hydroxyl groups is 2. The van der Waals surface area contributed by atoms with E-state index in [1.54, 1.807) is 18.2 Å². The van der Waals surface area contributed by atoms with E-state index in [1.165, 1.54) is 18.2 Å². The fraction of sp³-hybridized carbons (Fsp3) is 0.0500. The lowest BCUT2D eigenvalue weighted by molar-refractivity contribution is 0.0224. The van der Waals surface area contributed by atoms with Gasteiger partial charge in [0.15, 0.2) is 17.1 Å². The molecule has 1 atom stereocenters. The molecule has 0 aromatic heterocycles. The van der Waals surface area contributed by atoms with E-state index in [-0.39, 0.29) is 11.5 Å². The van der Waals surface area contributed by atoms with Crippen LogP contribution >= 0.6 is 0 Å². The van der Waals surface area contributed by atoms with Gasteiger partial charge in [-0.05, 0) is 18.2 Å². The highest BCUT2D eigenvalue weighted by molar-refractivity contribution is 5.97. The van der Waals surface area contributed by atoms with E-state index in [2.05, 4.69) is 0 Å². The maximum atomic E-state index is 12.6. The van der Waals surface area contributed by atoms with Gasteiger partial charge in [0, 0.05) is 23.3 Å². The van der Waals surface area contributed by atoms with Crippen LogP contribution in [0, 0.1) is 0 Å². The van der Waals surface area contributed by atoms with Crippen molar-refractivity contribution in [3.05, 3.63) is 70.8 Å². The number of benzene rings is 3. The van der Waals surface area contributed by atoms with Gasteiger partial charge in [0.05, 0.1) is 11.1 Å². The van der Waals surface area contributed by atoms with Crippen molar-refractivity contribution in [1.82, 2.24) is 0 Å². The molecule has 0 amide bonds. The van der Waals surface area contributed by atoms with Crippen LogP contribution in [0.3, 0.4) is 0 Å². The molecule has 1 unspecified atom stereocenters. The predicted molar refractivity (Wildman–Crippen MR) is 88.1 cm³/mol. The first-order chi connectivity index (χ1) is 12.6. The number of esters is 1. The lowest BCUT2D eigenvalue weighted by Crippen LogP contribution is -2.32. The molecule has 1 spiro atoms. The second-order valence-electron chi connectivity index (χ2n) is 6.43. The van der Waals surface area contributed by atoms with Crippen LogP contribution in [0.25, 0.3) is 0 Å². The van der Waals surface area contributed by atoms with Gasteiger partial charge in [0.2, 0.25) is 5.75 Å². The highest BCUT2D eigenvalue weighted by Gasteiger charge is 2.57. The monoisotopic (exact) mass is 346 g/mol. The number of hydrogen-bond donors (Lipinski definition) is 2. The van der Waals surface area contributed by atoms with Crippen LogP contribution in [0.1, 0.15) is 27.0 Å². The average Bonchev–Trinajstić information content (AvgIpc) is 3.37. The highest BCUT2D eigenvalue weighted by Crippen LogP contribution is 2.67. The molecule has 6 nitrogen and oxygen atoms in total. The van der Waals surface area contributed by atoms with Crippen molar-refractivity contribution in [1.29, 1.82) is 0 Å². The Morgan fingerprint density at radius 2 is 1.69 bits per heavy atom. The Balaban J connectivity index is 1.77. The van der Waals surface area contributed by atoms with E-state index in [0.717, 1.165) is 0 Å². The van der Waals surface area contributed by atoms with Gasteiger partial charge >= 0.3 is 5.97 Å². The summed E-state index contributed by atoms with van der Waals surface area (Å²) in [6.07, 6.45) is 0. The SMILES string of the molecule is O=C1OC2(c3ccc(O)cc3Oc3cc(O)c4c(c32)O4)c2ccccc21. The third-order valence-electron chi connectivity index (χ3n) is 5.03. The van der Waals surface area contributed by atoms with Gasteiger partial charge in [-0.3, -0.25) is 0 Å². The van der Waals surface area contributed by atoms with Crippen molar-refractivity contribution in [2.24, 2.45) is 0 Å². The molecule has 0 aliphatic carbocycles. The van der Waals surface area contributed by atoms with Crippen LogP contribution in [0.2, 0.25) is 0 Å². The summed E-state index contributed by atoms with van der Waals surface area (Å²) >= 11 is 0. The zero-order valence-electron chi connectivity index (χ0n) is 13.1. The van der Waals surface area contributed by atoms with Gasteiger partial charge in [-0.15, -0.1) is 0 Å². The molecule has 6 heteroatoms. The van der Waals surface area contributed by atoms with Crippen LogP contribution in [0.5, 0.6) is 34.5 Å². The van der Waals surface area contributed by atoms with Gasteiger partial charge in [-0.25, -0.2) is 4.79 Å². The van der Waals surface area contributed by atoms with Crippen LogP contribution < -0.4 is 9.47 Å². The van der Waals surface area contributed by atoms with Crippen LogP contribution in [0.4, 0.5) is 0 Å². The third-order valence-corrected chi connectivity index (χ3v) is 5.03. The van der Waals surface area contributed by atoms with Gasteiger partial charge in [0.1, 0.15) is 17.2 Å². The molecule has 3 aliphatic heterocycles. The lowest BCUT2D eigenvalue weighted by atomic mass is 9.77. The summed E-state index contributed by atoms with van der Waals surface area (Å²) < 4.78 is 17.3. The number of hydrogen-bond acceptors (Lipinski definition) is 6. The Kier molecular flexibility index (Phi) is 2.15. The molecule has 3 aromatic carbocycles. The summed E-state index contributed by atoms with van der Waals surface area (Å²) in [5, 5.41) is 19.9. The standard InChI is InChI=1S/C20H10O6/c21-9-5-6-12-14(7-9)24-15-8-13(22)17-18(25-17)16(15)20(12)11-4-2-1-3-10(11)19(23)26-20/h1-8,21-22H. The first-order valence-electron chi connectivity index (χ1n) is 8.02. The Morgan fingerprint density at radius 1 is 0.846 bits per heavy atom. The summed E-state index contributed by atoms with van der Waals surface area (Å²) in [5.74, 6) is 0.998. The molecule has 0 bridgehead atoms. The van der Waals surface area contributed by atoms with Crippen molar-refractivity contribution >= 4 is 5.97 Å². The minimum atomic E-state index is -1.25. The zero-order chi connectivity index (χ0) is 17.6. The minimum absolute atomic E-state index is 0.0205. The molecule has 2 N–H and O–H groups in total. The largest absolute Gasteiger partial charge is 0.508 e. The Bertz CT molecular complexity index is 1170. The van der Waals surface area contributed by atoms with E-state index in [0.29, 0.717) is 45.3 Å². The summed E-state index contributed by atoms with van der Waals surface area (Å²) in [7, 11) is 0. The quantitative estimate of drug-likeness (QED) is 0.372. The van der Waals surface area contributed by atoms with E-state index in [1.807, 2.05) is 12.1 Å². The lowest BCUT2D eigenvalue weighted by Gasteiger charge is -2.35. The number of phenols is 2. The second kappa shape index (κ2) is 4.11. The molecule has 0 fully saturated rings. The third kappa shape index (κ3) is 1.41. The van der Waals surface area contributed by atoms with Crippen molar-refractivity contribution in [2.45, 2.75) is 5.60 Å². The van der Waals surface area contributed by atoms with Crippen LogP contribution in [0.15, 0.2) is 48.5 Å². The van der Waals surface area contributed by atoms with Gasteiger partial charge in [-0.1, -0.05) is 18.2 Å². The normalized spacial score (nSPS) is 20.2.